The van der Waals surface area contributed by atoms with Crippen LogP contribution in [-0.2, 0) is 11.3 Å². The van der Waals surface area contributed by atoms with Gasteiger partial charge in [-0.25, -0.2) is 0 Å². The van der Waals surface area contributed by atoms with Gasteiger partial charge in [-0.3, -0.25) is 4.79 Å². The Morgan fingerprint density at radius 3 is 2.62 bits per heavy atom. The highest BCUT2D eigenvalue weighted by atomic mass is 16.5. The fraction of sp³-hybridized carbons (Fsp3) is 0.650. The van der Waals surface area contributed by atoms with Crippen LogP contribution >= 0.6 is 0 Å². The van der Waals surface area contributed by atoms with Crippen LogP contribution in [0.3, 0.4) is 0 Å². The molecular weight excluding hydrogens is 302 g/mol. The van der Waals surface area contributed by atoms with E-state index in [4.69, 9.17) is 9.47 Å². The highest BCUT2D eigenvalue weighted by molar-refractivity contribution is 5.94. The van der Waals surface area contributed by atoms with Crippen molar-refractivity contribution >= 4 is 5.91 Å². The number of ether oxygens (including phenoxy) is 2. The first kappa shape index (κ1) is 18.8. The van der Waals surface area contributed by atoms with E-state index in [0.717, 1.165) is 43.6 Å². The number of carbonyl (C=O) groups excluding carboxylic acids is 1. The van der Waals surface area contributed by atoms with Gasteiger partial charge in [0.25, 0.3) is 5.91 Å². The highest BCUT2D eigenvalue weighted by Crippen LogP contribution is 2.22. The maximum Gasteiger partial charge on any atom is 0.251 e. The van der Waals surface area contributed by atoms with Crippen molar-refractivity contribution in [1.29, 1.82) is 0 Å². The molecule has 1 amide bonds. The van der Waals surface area contributed by atoms with E-state index in [1.807, 2.05) is 18.2 Å². The molecule has 4 nitrogen and oxygen atoms in total. The van der Waals surface area contributed by atoms with Crippen LogP contribution in [0.15, 0.2) is 18.2 Å². The number of carbonyl (C=O) groups is 1. The molecule has 1 aliphatic rings. The molecule has 2 rings (SSSR count). The number of hydrogen-bond donors (Lipinski definition) is 1. The zero-order chi connectivity index (χ0) is 17.2. The smallest absolute Gasteiger partial charge is 0.251 e. The SMILES string of the molecule is CCCCOCc1cc(C(=O)NC2CCCCCC2)ccc1OC. The molecule has 4 heteroatoms. The molecule has 1 saturated carbocycles. The fourth-order valence-corrected chi connectivity index (χ4v) is 3.15. The van der Waals surface area contributed by atoms with Crippen molar-refractivity contribution in [3.05, 3.63) is 29.3 Å². The molecule has 1 aliphatic carbocycles. The van der Waals surface area contributed by atoms with Crippen LogP contribution in [-0.4, -0.2) is 25.7 Å². The lowest BCUT2D eigenvalue weighted by Gasteiger charge is -2.17. The van der Waals surface area contributed by atoms with E-state index in [1.165, 1.54) is 25.7 Å². The average molecular weight is 333 g/mol. The summed E-state index contributed by atoms with van der Waals surface area (Å²) in [6.45, 7) is 3.36. The lowest BCUT2D eigenvalue weighted by atomic mass is 10.1. The first-order chi connectivity index (χ1) is 11.7. The maximum atomic E-state index is 12.6. The zero-order valence-corrected chi connectivity index (χ0v) is 15.1. The number of benzene rings is 1. The average Bonchev–Trinajstić information content (AvgIpc) is 2.87. The van der Waals surface area contributed by atoms with Gasteiger partial charge in [0.15, 0.2) is 0 Å². The summed E-state index contributed by atoms with van der Waals surface area (Å²) in [6.07, 6.45) is 9.34. The van der Waals surface area contributed by atoms with Gasteiger partial charge in [0.05, 0.1) is 13.7 Å². The lowest BCUT2D eigenvalue weighted by Crippen LogP contribution is -2.34. The summed E-state index contributed by atoms with van der Waals surface area (Å²) in [5, 5.41) is 3.20. The second kappa shape index (κ2) is 10.3. The molecule has 1 aromatic carbocycles. The van der Waals surface area contributed by atoms with Gasteiger partial charge in [0.1, 0.15) is 5.75 Å². The molecule has 0 radical (unpaired) electrons. The minimum Gasteiger partial charge on any atom is -0.496 e. The topological polar surface area (TPSA) is 47.6 Å². The van der Waals surface area contributed by atoms with Crippen molar-refractivity contribution < 1.29 is 14.3 Å². The summed E-state index contributed by atoms with van der Waals surface area (Å²) in [7, 11) is 1.65. The predicted octanol–water partition coefficient (Wildman–Crippen LogP) is 4.46. The van der Waals surface area contributed by atoms with E-state index in [-0.39, 0.29) is 5.91 Å². The monoisotopic (exact) mass is 333 g/mol. The van der Waals surface area contributed by atoms with Crippen LogP contribution in [0.25, 0.3) is 0 Å². The molecule has 0 aromatic heterocycles. The fourth-order valence-electron chi connectivity index (χ4n) is 3.15. The number of unbranched alkanes of at least 4 members (excludes halogenated alkanes) is 1. The van der Waals surface area contributed by atoms with E-state index < -0.39 is 0 Å². The van der Waals surface area contributed by atoms with Crippen LogP contribution in [0.1, 0.15) is 74.2 Å². The third kappa shape index (κ3) is 5.82. The third-order valence-corrected chi connectivity index (χ3v) is 4.63. The first-order valence-corrected chi connectivity index (χ1v) is 9.30. The Balaban J connectivity index is 1.98. The van der Waals surface area contributed by atoms with Crippen LogP contribution in [0.5, 0.6) is 5.75 Å². The molecule has 0 bridgehead atoms. The number of hydrogen-bond acceptors (Lipinski definition) is 3. The van der Waals surface area contributed by atoms with Crippen molar-refractivity contribution in [2.75, 3.05) is 13.7 Å². The quantitative estimate of drug-likeness (QED) is 0.564. The Kier molecular flexibility index (Phi) is 8.10. The third-order valence-electron chi connectivity index (χ3n) is 4.63. The zero-order valence-electron chi connectivity index (χ0n) is 15.1. The van der Waals surface area contributed by atoms with Crippen LogP contribution < -0.4 is 10.1 Å². The second-order valence-electron chi connectivity index (χ2n) is 6.59. The van der Waals surface area contributed by atoms with Crippen molar-refractivity contribution in [3.63, 3.8) is 0 Å². The maximum absolute atomic E-state index is 12.6. The first-order valence-electron chi connectivity index (χ1n) is 9.30. The van der Waals surface area contributed by atoms with Gasteiger partial charge in [0.2, 0.25) is 0 Å². The number of nitrogens with one attached hydrogen (secondary N) is 1. The summed E-state index contributed by atoms with van der Waals surface area (Å²) in [6, 6.07) is 5.91. The molecule has 0 spiro atoms. The number of methoxy groups -OCH3 is 1. The van der Waals surface area contributed by atoms with Gasteiger partial charge in [-0.05, 0) is 37.5 Å². The minimum absolute atomic E-state index is 0.0133. The standard InChI is InChI=1S/C20H31NO3/c1-3-4-13-24-15-17-14-16(11-12-19(17)23-2)20(22)21-18-9-7-5-6-8-10-18/h11-12,14,18H,3-10,13,15H2,1-2H3,(H,21,22). The summed E-state index contributed by atoms with van der Waals surface area (Å²) < 4.78 is 11.1. The highest BCUT2D eigenvalue weighted by Gasteiger charge is 2.17. The van der Waals surface area contributed by atoms with E-state index in [9.17, 15) is 4.79 Å². The Morgan fingerprint density at radius 1 is 1.21 bits per heavy atom. The van der Waals surface area contributed by atoms with E-state index in [2.05, 4.69) is 12.2 Å². The van der Waals surface area contributed by atoms with Crippen LogP contribution in [0.4, 0.5) is 0 Å². The Bertz CT molecular complexity index is 508. The summed E-state index contributed by atoms with van der Waals surface area (Å²) in [5.74, 6) is 0.789. The normalized spacial score (nSPS) is 15.8. The van der Waals surface area contributed by atoms with Gasteiger partial charge < -0.3 is 14.8 Å². The largest absolute Gasteiger partial charge is 0.496 e. The van der Waals surface area contributed by atoms with Crippen LogP contribution in [0.2, 0.25) is 0 Å². The molecule has 24 heavy (non-hydrogen) atoms. The molecular formula is C20H31NO3. The second-order valence-corrected chi connectivity index (χ2v) is 6.59. The summed E-state index contributed by atoms with van der Waals surface area (Å²) in [4.78, 5) is 12.6. The van der Waals surface area contributed by atoms with E-state index >= 15 is 0 Å². The van der Waals surface area contributed by atoms with Crippen molar-refractivity contribution in [3.8, 4) is 5.75 Å². The van der Waals surface area contributed by atoms with Gasteiger partial charge in [-0.2, -0.15) is 0 Å². The lowest BCUT2D eigenvalue weighted by molar-refractivity contribution is 0.0932. The molecule has 1 N–H and O–H groups in total. The van der Waals surface area contributed by atoms with Gasteiger partial charge in [-0.1, -0.05) is 39.0 Å². The van der Waals surface area contributed by atoms with Crippen LogP contribution in [0, 0.1) is 0 Å². The molecule has 0 unspecified atom stereocenters. The molecule has 0 atom stereocenters. The van der Waals surface area contributed by atoms with E-state index in [0.29, 0.717) is 18.2 Å². The van der Waals surface area contributed by atoms with Gasteiger partial charge in [0, 0.05) is 23.8 Å². The van der Waals surface area contributed by atoms with Crippen molar-refractivity contribution in [1.82, 2.24) is 5.32 Å². The van der Waals surface area contributed by atoms with E-state index in [1.54, 1.807) is 7.11 Å². The molecule has 1 aromatic rings. The van der Waals surface area contributed by atoms with Gasteiger partial charge >= 0.3 is 0 Å². The van der Waals surface area contributed by atoms with Crippen molar-refractivity contribution in [2.24, 2.45) is 0 Å². The van der Waals surface area contributed by atoms with Gasteiger partial charge in [-0.15, -0.1) is 0 Å². The number of amides is 1. The molecule has 1 fully saturated rings. The number of rotatable bonds is 8. The summed E-state index contributed by atoms with van der Waals surface area (Å²) in [5.41, 5.74) is 1.62. The molecule has 0 saturated heterocycles. The molecule has 0 heterocycles. The minimum atomic E-state index is 0.0133. The van der Waals surface area contributed by atoms with Crippen molar-refractivity contribution in [2.45, 2.75) is 70.9 Å². The Morgan fingerprint density at radius 2 is 1.96 bits per heavy atom. The Labute approximate surface area is 145 Å². The summed E-state index contributed by atoms with van der Waals surface area (Å²) >= 11 is 0. The Hall–Kier alpha value is -1.55. The molecule has 134 valence electrons. The molecule has 0 aliphatic heterocycles. The predicted molar refractivity (Wildman–Crippen MR) is 96.5 cm³/mol.